The van der Waals surface area contributed by atoms with Crippen LogP contribution in [0.1, 0.15) is 46.0 Å². The molecule has 0 bridgehead atoms. The average Bonchev–Trinajstić information content (AvgIpc) is 3.58. The van der Waals surface area contributed by atoms with Crippen LogP contribution in [0.25, 0.3) is 11.3 Å². The summed E-state index contributed by atoms with van der Waals surface area (Å²) in [6, 6.07) is 17.4. The van der Waals surface area contributed by atoms with E-state index < -0.39 is 0 Å². The summed E-state index contributed by atoms with van der Waals surface area (Å²) in [5, 5.41) is 16.4. The van der Waals surface area contributed by atoms with Crippen LogP contribution in [0.5, 0.6) is 0 Å². The molecule has 9 heteroatoms. The molecule has 1 aliphatic rings. The van der Waals surface area contributed by atoms with Gasteiger partial charge in [-0.15, -0.1) is 10.2 Å². The number of carbonyl (C=O) groups is 2. The fraction of sp³-hybridized carbons (Fsp3) is 0.240. The van der Waals surface area contributed by atoms with E-state index in [-0.39, 0.29) is 17.7 Å². The van der Waals surface area contributed by atoms with Crippen LogP contribution in [0.3, 0.4) is 0 Å². The van der Waals surface area contributed by atoms with E-state index >= 15 is 0 Å². The highest BCUT2D eigenvalue weighted by molar-refractivity contribution is 7.15. The molecule has 2 aromatic heterocycles. The Hall–Kier alpha value is -3.85. The summed E-state index contributed by atoms with van der Waals surface area (Å²) in [7, 11) is 0. The van der Waals surface area contributed by atoms with Crippen molar-refractivity contribution in [3.05, 3.63) is 76.5 Å². The zero-order chi connectivity index (χ0) is 23.7. The summed E-state index contributed by atoms with van der Waals surface area (Å²) >= 11 is 1.29. The molecule has 172 valence electrons. The quantitative estimate of drug-likeness (QED) is 0.430. The molecule has 2 amide bonds. The Balaban J connectivity index is 1.32. The SMILES string of the molecule is CCc1ccccc1N1CC(c2nnc(NC(=O)c3c(-c4ccccc4)noc3C)s2)CC1=O. The molecular formula is C25H23N5O3S. The minimum Gasteiger partial charge on any atom is -0.360 e. The molecule has 3 heterocycles. The second-order valence-corrected chi connectivity index (χ2v) is 9.12. The molecule has 1 aliphatic heterocycles. The monoisotopic (exact) mass is 473 g/mol. The van der Waals surface area contributed by atoms with Crippen molar-refractivity contribution in [2.75, 3.05) is 16.8 Å². The molecule has 1 unspecified atom stereocenters. The maximum absolute atomic E-state index is 13.0. The van der Waals surface area contributed by atoms with Crippen LogP contribution >= 0.6 is 11.3 Å². The number of para-hydroxylation sites is 1. The zero-order valence-electron chi connectivity index (χ0n) is 18.8. The maximum Gasteiger partial charge on any atom is 0.263 e. The molecule has 5 rings (SSSR count). The second kappa shape index (κ2) is 9.18. The Morgan fingerprint density at radius 1 is 1.15 bits per heavy atom. The number of nitrogens with one attached hydrogen (secondary N) is 1. The molecule has 1 fully saturated rings. The molecular weight excluding hydrogens is 450 g/mol. The van der Waals surface area contributed by atoms with Crippen molar-refractivity contribution in [2.45, 2.75) is 32.6 Å². The van der Waals surface area contributed by atoms with E-state index in [0.717, 1.165) is 28.2 Å². The summed E-state index contributed by atoms with van der Waals surface area (Å²) in [5.41, 5.74) is 3.72. The van der Waals surface area contributed by atoms with Gasteiger partial charge in [0.25, 0.3) is 5.91 Å². The molecule has 0 radical (unpaired) electrons. The second-order valence-electron chi connectivity index (χ2n) is 8.12. The van der Waals surface area contributed by atoms with Gasteiger partial charge in [0.1, 0.15) is 22.0 Å². The highest BCUT2D eigenvalue weighted by atomic mass is 32.1. The third-order valence-electron chi connectivity index (χ3n) is 5.94. The van der Waals surface area contributed by atoms with Crippen LogP contribution in [0, 0.1) is 6.92 Å². The van der Waals surface area contributed by atoms with Crippen molar-refractivity contribution in [2.24, 2.45) is 0 Å². The van der Waals surface area contributed by atoms with Gasteiger partial charge in [-0.05, 0) is 25.0 Å². The Kier molecular flexibility index (Phi) is 5.93. The van der Waals surface area contributed by atoms with Gasteiger partial charge in [-0.25, -0.2) is 0 Å². The van der Waals surface area contributed by atoms with Gasteiger partial charge >= 0.3 is 0 Å². The predicted molar refractivity (Wildman–Crippen MR) is 130 cm³/mol. The first-order valence-corrected chi connectivity index (χ1v) is 11.9. The number of anilines is 2. The fourth-order valence-electron chi connectivity index (χ4n) is 4.22. The number of carbonyl (C=O) groups excluding carboxylic acids is 2. The lowest BCUT2D eigenvalue weighted by Crippen LogP contribution is -2.25. The van der Waals surface area contributed by atoms with Gasteiger partial charge in [-0.1, -0.05) is 71.9 Å². The van der Waals surface area contributed by atoms with Crippen molar-refractivity contribution in [3.8, 4) is 11.3 Å². The van der Waals surface area contributed by atoms with Gasteiger partial charge in [0, 0.05) is 30.1 Å². The Labute approximate surface area is 200 Å². The number of aryl methyl sites for hydroxylation is 2. The van der Waals surface area contributed by atoms with Crippen LogP contribution in [0.2, 0.25) is 0 Å². The van der Waals surface area contributed by atoms with E-state index in [1.807, 2.05) is 59.5 Å². The van der Waals surface area contributed by atoms with E-state index in [4.69, 9.17) is 4.52 Å². The van der Waals surface area contributed by atoms with E-state index in [9.17, 15) is 9.59 Å². The summed E-state index contributed by atoms with van der Waals surface area (Å²) in [6.07, 6.45) is 1.22. The number of rotatable bonds is 6. The first-order chi connectivity index (χ1) is 16.5. The summed E-state index contributed by atoms with van der Waals surface area (Å²) in [6.45, 7) is 4.32. The van der Waals surface area contributed by atoms with Gasteiger partial charge in [0.15, 0.2) is 0 Å². The molecule has 2 aromatic carbocycles. The topological polar surface area (TPSA) is 101 Å². The Morgan fingerprint density at radius 3 is 2.71 bits per heavy atom. The standard InChI is InChI=1S/C25H23N5O3S/c1-3-16-9-7-8-12-19(16)30-14-18(13-20(30)31)24-27-28-25(34-24)26-23(32)21-15(2)33-29-22(21)17-10-5-4-6-11-17/h4-12,18H,3,13-14H2,1-2H3,(H,26,28,32). The number of nitrogens with zero attached hydrogens (tertiary/aromatic N) is 4. The number of benzene rings is 2. The largest absolute Gasteiger partial charge is 0.360 e. The molecule has 8 nitrogen and oxygen atoms in total. The first-order valence-electron chi connectivity index (χ1n) is 11.1. The van der Waals surface area contributed by atoms with Crippen molar-refractivity contribution >= 4 is 34.0 Å². The van der Waals surface area contributed by atoms with Crippen LogP contribution < -0.4 is 10.2 Å². The van der Waals surface area contributed by atoms with Crippen LogP contribution in [-0.2, 0) is 11.2 Å². The lowest BCUT2D eigenvalue weighted by Gasteiger charge is -2.19. The summed E-state index contributed by atoms with van der Waals surface area (Å²) in [4.78, 5) is 27.6. The number of hydrogen-bond donors (Lipinski definition) is 1. The molecule has 0 aliphatic carbocycles. The van der Waals surface area contributed by atoms with Crippen molar-refractivity contribution in [3.63, 3.8) is 0 Å². The lowest BCUT2D eigenvalue weighted by molar-refractivity contribution is -0.117. The van der Waals surface area contributed by atoms with Crippen molar-refractivity contribution in [1.29, 1.82) is 0 Å². The lowest BCUT2D eigenvalue weighted by atomic mass is 10.1. The summed E-state index contributed by atoms with van der Waals surface area (Å²) in [5.74, 6) is 0.0612. The average molecular weight is 474 g/mol. The number of aromatic nitrogens is 3. The highest BCUT2D eigenvalue weighted by Crippen LogP contribution is 2.36. The molecule has 4 aromatic rings. The van der Waals surface area contributed by atoms with Crippen LogP contribution in [-0.4, -0.2) is 33.7 Å². The van der Waals surface area contributed by atoms with E-state index in [2.05, 4.69) is 27.6 Å². The molecule has 0 saturated carbocycles. The molecule has 34 heavy (non-hydrogen) atoms. The van der Waals surface area contributed by atoms with Gasteiger partial charge in [0.2, 0.25) is 11.0 Å². The van der Waals surface area contributed by atoms with Crippen LogP contribution in [0.4, 0.5) is 10.8 Å². The smallest absolute Gasteiger partial charge is 0.263 e. The van der Waals surface area contributed by atoms with E-state index in [1.165, 1.54) is 11.3 Å². The minimum absolute atomic E-state index is 0.0688. The first kappa shape index (κ1) is 22.0. The van der Waals surface area contributed by atoms with Crippen molar-refractivity contribution in [1.82, 2.24) is 15.4 Å². The zero-order valence-corrected chi connectivity index (χ0v) is 19.6. The van der Waals surface area contributed by atoms with E-state index in [0.29, 0.717) is 35.1 Å². The molecule has 1 atom stereocenters. The Bertz CT molecular complexity index is 1350. The molecule has 1 saturated heterocycles. The fourth-order valence-corrected chi connectivity index (χ4v) is 5.05. The third-order valence-corrected chi connectivity index (χ3v) is 6.94. The van der Waals surface area contributed by atoms with Gasteiger partial charge in [0.05, 0.1) is 0 Å². The highest BCUT2D eigenvalue weighted by Gasteiger charge is 2.35. The van der Waals surface area contributed by atoms with E-state index in [1.54, 1.807) is 6.92 Å². The third kappa shape index (κ3) is 4.10. The van der Waals surface area contributed by atoms with Gasteiger partial charge < -0.3 is 9.42 Å². The van der Waals surface area contributed by atoms with Crippen LogP contribution in [0.15, 0.2) is 59.1 Å². The van der Waals surface area contributed by atoms with Gasteiger partial charge in [-0.2, -0.15) is 0 Å². The summed E-state index contributed by atoms with van der Waals surface area (Å²) < 4.78 is 5.29. The number of amides is 2. The maximum atomic E-state index is 13.0. The molecule has 1 N–H and O–H groups in total. The van der Waals surface area contributed by atoms with Crippen molar-refractivity contribution < 1.29 is 14.1 Å². The minimum atomic E-state index is -0.360. The Morgan fingerprint density at radius 2 is 1.91 bits per heavy atom. The predicted octanol–water partition coefficient (Wildman–Crippen LogP) is 4.84. The molecule has 0 spiro atoms. The van der Waals surface area contributed by atoms with Gasteiger partial charge in [-0.3, -0.25) is 14.9 Å². The normalized spacial score (nSPS) is 15.6. The number of hydrogen-bond acceptors (Lipinski definition) is 7.